The van der Waals surface area contributed by atoms with E-state index in [1.54, 1.807) is 0 Å². The van der Waals surface area contributed by atoms with Crippen molar-refractivity contribution in [1.82, 2.24) is 10.2 Å². The SMILES string of the molecule is CCCNC(C1CCOCC1)C1CN(C(C)C)CCO1. The average molecular weight is 284 g/mol. The van der Waals surface area contributed by atoms with E-state index in [-0.39, 0.29) is 0 Å². The zero-order chi connectivity index (χ0) is 14.4. The van der Waals surface area contributed by atoms with Crippen LogP contribution in [0.4, 0.5) is 0 Å². The second kappa shape index (κ2) is 8.32. The van der Waals surface area contributed by atoms with E-state index in [1.165, 1.54) is 19.3 Å². The Morgan fingerprint density at radius 3 is 2.60 bits per heavy atom. The molecule has 0 spiro atoms. The third kappa shape index (κ3) is 4.42. The molecular formula is C16H32N2O2. The van der Waals surface area contributed by atoms with Crippen molar-refractivity contribution >= 4 is 0 Å². The summed E-state index contributed by atoms with van der Waals surface area (Å²) in [6.07, 6.45) is 3.85. The van der Waals surface area contributed by atoms with Crippen LogP contribution in [0.2, 0.25) is 0 Å². The molecule has 4 heteroatoms. The Balaban J connectivity index is 1.96. The molecule has 0 radical (unpaired) electrons. The molecule has 0 aromatic heterocycles. The summed E-state index contributed by atoms with van der Waals surface area (Å²) in [5, 5.41) is 3.76. The average Bonchev–Trinajstić information content (AvgIpc) is 2.49. The molecule has 20 heavy (non-hydrogen) atoms. The number of hydrogen-bond acceptors (Lipinski definition) is 4. The highest BCUT2D eigenvalue weighted by atomic mass is 16.5. The molecule has 0 saturated carbocycles. The van der Waals surface area contributed by atoms with Crippen LogP contribution in [0.15, 0.2) is 0 Å². The van der Waals surface area contributed by atoms with Gasteiger partial charge in [0, 0.05) is 38.4 Å². The summed E-state index contributed by atoms with van der Waals surface area (Å²) >= 11 is 0. The maximum absolute atomic E-state index is 6.13. The third-order valence-electron chi connectivity index (χ3n) is 4.66. The van der Waals surface area contributed by atoms with Crippen LogP contribution >= 0.6 is 0 Å². The van der Waals surface area contributed by atoms with Gasteiger partial charge in [0.05, 0.1) is 12.7 Å². The fraction of sp³-hybridized carbons (Fsp3) is 1.00. The van der Waals surface area contributed by atoms with Crippen molar-refractivity contribution in [1.29, 1.82) is 0 Å². The van der Waals surface area contributed by atoms with Crippen molar-refractivity contribution in [2.75, 3.05) is 39.5 Å². The number of hydrogen-bond donors (Lipinski definition) is 1. The van der Waals surface area contributed by atoms with Gasteiger partial charge in [0.25, 0.3) is 0 Å². The number of morpholine rings is 1. The van der Waals surface area contributed by atoms with Crippen molar-refractivity contribution in [3.05, 3.63) is 0 Å². The minimum absolute atomic E-state index is 0.334. The fourth-order valence-corrected chi connectivity index (χ4v) is 3.37. The van der Waals surface area contributed by atoms with E-state index in [4.69, 9.17) is 9.47 Å². The molecule has 2 fully saturated rings. The molecule has 2 unspecified atom stereocenters. The molecule has 0 aromatic carbocycles. The van der Waals surface area contributed by atoms with Gasteiger partial charge in [-0.1, -0.05) is 6.92 Å². The summed E-state index contributed by atoms with van der Waals surface area (Å²) in [5.41, 5.74) is 0. The predicted molar refractivity (Wildman–Crippen MR) is 82.1 cm³/mol. The molecule has 2 aliphatic heterocycles. The Morgan fingerprint density at radius 2 is 1.95 bits per heavy atom. The Hall–Kier alpha value is -0.160. The van der Waals surface area contributed by atoms with Crippen LogP contribution in [0, 0.1) is 5.92 Å². The lowest BCUT2D eigenvalue weighted by Crippen LogP contribution is -2.57. The van der Waals surface area contributed by atoms with Gasteiger partial charge < -0.3 is 14.8 Å². The van der Waals surface area contributed by atoms with Gasteiger partial charge in [-0.25, -0.2) is 0 Å². The van der Waals surface area contributed by atoms with Gasteiger partial charge in [-0.2, -0.15) is 0 Å². The van der Waals surface area contributed by atoms with E-state index in [0.29, 0.717) is 24.1 Å². The van der Waals surface area contributed by atoms with Crippen molar-refractivity contribution in [2.45, 2.75) is 58.2 Å². The smallest absolute Gasteiger partial charge is 0.0858 e. The summed E-state index contributed by atoms with van der Waals surface area (Å²) in [4.78, 5) is 2.55. The van der Waals surface area contributed by atoms with Crippen LogP contribution < -0.4 is 5.32 Å². The van der Waals surface area contributed by atoms with Gasteiger partial charge in [-0.3, -0.25) is 4.90 Å². The zero-order valence-corrected chi connectivity index (χ0v) is 13.4. The minimum atomic E-state index is 0.334. The van der Waals surface area contributed by atoms with Gasteiger partial charge in [0.2, 0.25) is 0 Å². The quantitative estimate of drug-likeness (QED) is 0.807. The molecule has 0 aromatic rings. The summed E-state index contributed by atoms with van der Waals surface area (Å²) in [6, 6.07) is 1.10. The highest BCUT2D eigenvalue weighted by molar-refractivity contribution is 4.89. The molecule has 2 aliphatic rings. The highest BCUT2D eigenvalue weighted by Gasteiger charge is 2.34. The van der Waals surface area contributed by atoms with Crippen molar-refractivity contribution in [2.24, 2.45) is 5.92 Å². The lowest BCUT2D eigenvalue weighted by molar-refractivity contribution is -0.0741. The summed E-state index contributed by atoms with van der Waals surface area (Å²) < 4.78 is 11.6. The van der Waals surface area contributed by atoms with Crippen molar-refractivity contribution < 1.29 is 9.47 Å². The van der Waals surface area contributed by atoms with Gasteiger partial charge in [0.15, 0.2) is 0 Å². The van der Waals surface area contributed by atoms with E-state index in [2.05, 4.69) is 31.0 Å². The number of ether oxygens (including phenoxy) is 2. The first kappa shape index (κ1) is 16.2. The summed E-state index contributed by atoms with van der Waals surface area (Å²) in [5.74, 6) is 0.701. The Bertz CT molecular complexity index is 267. The Kier molecular flexibility index (Phi) is 6.75. The second-order valence-electron chi connectivity index (χ2n) is 6.43. The number of rotatable bonds is 6. The largest absolute Gasteiger partial charge is 0.381 e. The molecule has 2 saturated heterocycles. The Labute approximate surface area is 124 Å². The second-order valence-corrected chi connectivity index (χ2v) is 6.43. The maximum atomic E-state index is 6.13. The highest BCUT2D eigenvalue weighted by Crippen LogP contribution is 2.24. The van der Waals surface area contributed by atoms with E-state index in [1.807, 2.05) is 0 Å². The van der Waals surface area contributed by atoms with Crippen LogP contribution in [0.1, 0.15) is 40.0 Å². The van der Waals surface area contributed by atoms with E-state index < -0.39 is 0 Å². The van der Waals surface area contributed by atoms with Crippen molar-refractivity contribution in [3.8, 4) is 0 Å². The monoisotopic (exact) mass is 284 g/mol. The molecule has 0 amide bonds. The fourth-order valence-electron chi connectivity index (χ4n) is 3.37. The van der Waals surface area contributed by atoms with Gasteiger partial charge in [-0.05, 0) is 45.6 Å². The molecule has 118 valence electrons. The van der Waals surface area contributed by atoms with Gasteiger partial charge in [-0.15, -0.1) is 0 Å². The Morgan fingerprint density at radius 1 is 1.20 bits per heavy atom. The number of nitrogens with one attached hydrogen (secondary N) is 1. The molecule has 0 aliphatic carbocycles. The van der Waals surface area contributed by atoms with Crippen LogP contribution in [0.5, 0.6) is 0 Å². The predicted octanol–water partition coefficient (Wildman–Crippen LogP) is 1.89. The van der Waals surface area contributed by atoms with Crippen LogP contribution in [-0.2, 0) is 9.47 Å². The molecule has 2 atom stereocenters. The summed E-state index contributed by atoms with van der Waals surface area (Å²) in [6.45, 7) is 12.7. The molecule has 4 nitrogen and oxygen atoms in total. The standard InChI is InChI=1S/C16H32N2O2/c1-4-7-17-16(14-5-9-19-10-6-14)15-12-18(13(2)3)8-11-20-15/h13-17H,4-12H2,1-3H3. The van der Waals surface area contributed by atoms with Gasteiger partial charge >= 0.3 is 0 Å². The number of nitrogens with zero attached hydrogens (tertiary/aromatic N) is 1. The van der Waals surface area contributed by atoms with Gasteiger partial charge in [0.1, 0.15) is 0 Å². The topological polar surface area (TPSA) is 33.7 Å². The first-order valence-corrected chi connectivity index (χ1v) is 8.39. The van der Waals surface area contributed by atoms with E-state index >= 15 is 0 Å². The van der Waals surface area contributed by atoms with Crippen molar-refractivity contribution in [3.63, 3.8) is 0 Å². The van der Waals surface area contributed by atoms with E-state index in [9.17, 15) is 0 Å². The van der Waals surface area contributed by atoms with E-state index in [0.717, 1.165) is 39.5 Å². The third-order valence-corrected chi connectivity index (χ3v) is 4.66. The molecule has 1 N–H and O–H groups in total. The molecule has 2 heterocycles. The lowest BCUT2D eigenvalue weighted by Gasteiger charge is -2.42. The van der Waals surface area contributed by atoms with Crippen LogP contribution in [0.3, 0.4) is 0 Å². The molecule has 2 rings (SSSR count). The lowest BCUT2D eigenvalue weighted by atomic mass is 9.87. The first-order chi connectivity index (χ1) is 9.72. The molecule has 0 bridgehead atoms. The zero-order valence-electron chi connectivity index (χ0n) is 13.4. The van der Waals surface area contributed by atoms with Crippen LogP contribution in [0.25, 0.3) is 0 Å². The minimum Gasteiger partial charge on any atom is -0.381 e. The molecular weight excluding hydrogens is 252 g/mol. The summed E-state index contributed by atoms with van der Waals surface area (Å²) in [7, 11) is 0. The van der Waals surface area contributed by atoms with Crippen LogP contribution in [-0.4, -0.2) is 62.5 Å². The first-order valence-electron chi connectivity index (χ1n) is 8.39. The normalized spacial score (nSPS) is 27.9. The maximum Gasteiger partial charge on any atom is 0.0858 e.